The van der Waals surface area contributed by atoms with Crippen molar-refractivity contribution < 1.29 is 19.1 Å². The Balaban J connectivity index is 1.69. The molecule has 0 aromatic heterocycles. The first-order chi connectivity index (χ1) is 14.8. The molecule has 1 fully saturated rings. The van der Waals surface area contributed by atoms with Crippen molar-refractivity contribution in [1.82, 2.24) is 9.80 Å². The molecule has 4 amide bonds. The number of benzene rings is 2. The largest absolute Gasteiger partial charge is 0.380 e. The van der Waals surface area contributed by atoms with Gasteiger partial charge in [0, 0.05) is 51.1 Å². The molecule has 0 bridgehead atoms. The van der Waals surface area contributed by atoms with E-state index in [0.29, 0.717) is 29.9 Å². The predicted octanol–water partition coefficient (Wildman–Crippen LogP) is 2.96. The van der Waals surface area contributed by atoms with Crippen LogP contribution in [0.3, 0.4) is 0 Å². The second kappa shape index (κ2) is 9.61. The minimum absolute atomic E-state index is 0.115. The van der Waals surface area contributed by atoms with Gasteiger partial charge >= 0.3 is 6.03 Å². The maximum absolute atomic E-state index is 13.0. The first kappa shape index (κ1) is 22.3. The van der Waals surface area contributed by atoms with Crippen molar-refractivity contribution in [3.05, 3.63) is 59.7 Å². The first-order valence-corrected chi connectivity index (χ1v) is 10.1. The molecule has 0 saturated carbocycles. The van der Waals surface area contributed by atoms with Crippen LogP contribution in [0.15, 0.2) is 48.5 Å². The summed E-state index contributed by atoms with van der Waals surface area (Å²) >= 11 is 0. The number of nitrogens with zero attached hydrogens (tertiary/aromatic N) is 2. The van der Waals surface area contributed by atoms with Crippen molar-refractivity contribution in [2.45, 2.75) is 25.5 Å². The summed E-state index contributed by atoms with van der Waals surface area (Å²) in [6, 6.07) is 13.1. The van der Waals surface area contributed by atoms with Crippen LogP contribution in [0.25, 0.3) is 0 Å². The molecular weight excluding hydrogens is 396 g/mol. The lowest BCUT2D eigenvalue weighted by Crippen LogP contribution is -2.45. The SMILES string of the molecule is CO[C@@H]1C[C@H](C(=O)Nc2ccc(C(=O)N(C)C)cc2)N(C(=O)Nc2ccc(C)cc2)C1. The molecule has 1 aliphatic heterocycles. The minimum Gasteiger partial charge on any atom is -0.380 e. The van der Waals surface area contributed by atoms with Crippen molar-refractivity contribution >= 4 is 29.2 Å². The molecule has 1 heterocycles. The van der Waals surface area contributed by atoms with E-state index in [1.54, 1.807) is 45.5 Å². The van der Waals surface area contributed by atoms with Gasteiger partial charge in [-0.1, -0.05) is 17.7 Å². The van der Waals surface area contributed by atoms with Crippen molar-refractivity contribution in [2.24, 2.45) is 0 Å². The van der Waals surface area contributed by atoms with Crippen molar-refractivity contribution in [2.75, 3.05) is 38.4 Å². The maximum atomic E-state index is 13.0. The number of methoxy groups -OCH3 is 1. The molecule has 2 N–H and O–H groups in total. The highest BCUT2D eigenvalue weighted by atomic mass is 16.5. The third-order valence-corrected chi connectivity index (χ3v) is 5.27. The fourth-order valence-corrected chi connectivity index (χ4v) is 3.45. The third kappa shape index (κ3) is 5.40. The lowest BCUT2D eigenvalue weighted by atomic mass is 10.1. The number of hydrogen-bond acceptors (Lipinski definition) is 4. The van der Waals surface area contributed by atoms with Gasteiger partial charge in [0.2, 0.25) is 5.91 Å². The van der Waals surface area contributed by atoms with E-state index < -0.39 is 6.04 Å². The number of hydrogen-bond donors (Lipinski definition) is 2. The molecule has 0 aliphatic carbocycles. The average molecular weight is 425 g/mol. The van der Waals surface area contributed by atoms with Gasteiger partial charge in [-0.25, -0.2) is 4.79 Å². The van der Waals surface area contributed by atoms with E-state index in [9.17, 15) is 14.4 Å². The summed E-state index contributed by atoms with van der Waals surface area (Å²) in [5.41, 5.74) is 2.84. The van der Waals surface area contributed by atoms with Crippen LogP contribution in [-0.2, 0) is 9.53 Å². The lowest BCUT2D eigenvalue weighted by molar-refractivity contribution is -0.119. The summed E-state index contributed by atoms with van der Waals surface area (Å²) < 4.78 is 5.41. The summed E-state index contributed by atoms with van der Waals surface area (Å²) in [5, 5.41) is 5.68. The van der Waals surface area contributed by atoms with Crippen LogP contribution in [0.4, 0.5) is 16.2 Å². The van der Waals surface area contributed by atoms with Crippen LogP contribution in [-0.4, -0.2) is 67.5 Å². The highest BCUT2D eigenvalue weighted by Crippen LogP contribution is 2.23. The average Bonchev–Trinajstić information content (AvgIpc) is 3.20. The van der Waals surface area contributed by atoms with Crippen LogP contribution in [0.2, 0.25) is 0 Å². The van der Waals surface area contributed by atoms with Gasteiger partial charge in [-0.3, -0.25) is 9.59 Å². The highest BCUT2D eigenvalue weighted by Gasteiger charge is 2.40. The molecule has 8 nitrogen and oxygen atoms in total. The Labute approximate surface area is 182 Å². The molecule has 3 rings (SSSR count). The fraction of sp³-hybridized carbons (Fsp3) is 0.348. The van der Waals surface area contributed by atoms with E-state index in [0.717, 1.165) is 5.56 Å². The second-order valence-electron chi connectivity index (χ2n) is 7.82. The van der Waals surface area contributed by atoms with E-state index in [1.165, 1.54) is 9.80 Å². The third-order valence-electron chi connectivity index (χ3n) is 5.27. The smallest absolute Gasteiger partial charge is 0.322 e. The van der Waals surface area contributed by atoms with Gasteiger partial charge in [0.1, 0.15) is 6.04 Å². The molecule has 31 heavy (non-hydrogen) atoms. The lowest BCUT2D eigenvalue weighted by Gasteiger charge is -2.24. The van der Waals surface area contributed by atoms with Crippen LogP contribution in [0, 0.1) is 6.92 Å². The number of nitrogens with one attached hydrogen (secondary N) is 2. The number of likely N-dealkylation sites (tertiary alicyclic amines) is 1. The van der Waals surface area contributed by atoms with E-state index in [1.807, 2.05) is 31.2 Å². The zero-order valence-electron chi connectivity index (χ0n) is 18.2. The molecule has 8 heteroatoms. The summed E-state index contributed by atoms with van der Waals surface area (Å²) in [6.45, 7) is 2.29. The van der Waals surface area contributed by atoms with Gasteiger partial charge < -0.3 is 25.2 Å². The molecule has 1 saturated heterocycles. The molecule has 0 unspecified atom stereocenters. The summed E-state index contributed by atoms with van der Waals surface area (Å²) in [7, 11) is 4.93. The molecular formula is C23H28N4O4. The number of anilines is 2. The number of rotatable bonds is 5. The number of carbonyl (C=O) groups excluding carboxylic acids is 3. The zero-order chi connectivity index (χ0) is 22.5. The number of aryl methyl sites for hydroxylation is 1. The zero-order valence-corrected chi connectivity index (χ0v) is 18.2. The van der Waals surface area contributed by atoms with Gasteiger partial charge in [0.05, 0.1) is 6.10 Å². The van der Waals surface area contributed by atoms with Crippen LogP contribution in [0.1, 0.15) is 22.3 Å². The monoisotopic (exact) mass is 424 g/mol. The van der Waals surface area contributed by atoms with Crippen molar-refractivity contribution in [3.8, 4) is 0 Å². The quantitative estimate of drug-likeness (QED) is 0.772. The minimum atomic E-state index is -0.668. The number of amides is 4. The molecule has 1 aliphatic rings. The normalized spacial score (nSPS) is 17.9. The second-order valence-corrected chi connectivity index (χ2v) is 7.82. The Hall–Kier alpha value is -3.39. The summed E-state index contributed by atoms with van der Waals surface area (Å²) in [6.07, 6.45) is 0.181. The molecule has 2 aromatic rings. The molecule has 2 atom stereocenters. The highest BCUT2D eigenvalue weighted by molar-refractivity contribution is 6.00. The van der Waals surface area contributed by atoms with Gasteiger partial charge in [-0.15, -0.1) is 0 Å². The van der Waals surface area contributed by atoms with E-state index in [2.05, 4.69) is 10.6 Å². The van der Waals surface area contributed by atoms with Crippen molar-refractivity contribution in [1.29, 1.82) is 0 Å². The Kier molecular flexibility index (Phi) is 6.91. The standard InChI is InChI=1S/C23H28N4O4/c1-15-5-9-18(10-6-15)25-23(30)27-14-19(31-4)13-20(27)21(28)24-17-11-7-16(8-12-17)22(29)26(2)3/h5-12,19-20H,13-14H2,1-4H3,(H,24,28)(H,25,30)/t19-,20-/m1/s1. The van der Waals surface area contributed by atoms with Crippen LogP contribution >= 0.6 is 0 Å². The van der Waals surface area contributed by atoms with Gasteiger partial charge in [-0.05, 0) is 43.3 Å². The first-order valence-electron chi connectivity index (χ1n) is 10.1. The van der Waals surface area contributed by atoms with Crippen LogP contribution < -0.4 is 10.6 Å². The fourth-order valence-electron chi connectivity index (χ4n) is 3.45. The van der Waals surface area contributed by atoms with Crippen molar-refractivity contribution in [3.63, 3.8) is 0 Å². The molecule has 0 radical (unpaired) electrons. The van der Waals surface area contributed by atoms with E-state index in [4.69, 9.17) is 4.74 Å². The molecule has 0 spiro atoms. The predicted molar refractivity (Wildman–Crippen MR) is 119 cm³/mol. The Morgan fingerprint density at radius 3 is 2.13 bits per heavy atom. The summed E-state index contributed by atoms with van der Waals surface area (Å²) in [5.74, 6) is -0.416. The Morgan fingerprint density at radius 2 is 1.55 bits per heavy atom. The number of urea groups is 1. The van der Waals surface area contributed by atoms with E-state index >= 15 is 0 Å². The van der Waals surface area contributed by atoms with Crippen LogP contribution in [0.5, 0.6) is 0 Å². The topological polar surface area (TPSA) is 91.0 Å². The van der Waals surface area contributed by atoms with Gasteiger partial charge in [0.25, 0.3) is 5.91 Å². The molecule has 2 aromatic carbocycles. The van der Waals surface area contributed by atoms with E-state index in [-0.39, 0.29) is 23.9 Å². The van der Waals surface area contributed by atoms with Gasteiger partial charge in [-0.2, -0.15) is 0 Å². The Bertz CT molecular complexity index is 941. The number of carbonyl (C=O) groups is 3. The maximum Gasteiger partial charge on any atom is 0.322 e. The number of ether oxygens (including phenoxy) is 1. The molecule has 164 valence electrons. The summed E-state index contributed by atoms with van der Waals surface area (Å²) in [4.78, 5) is 40.8. The Morgan fingerprint density at radius 1 is 0.968 bits per heavy atom. The van der Waals surface area contributed by atoms with Gasteiger partial charge in [0.15, 0.2) is 0 Å².